The third kappa shape index (κ3) is 3.92. The molecule has 3 aromatic heterocycles. The summed E-state index contributed by atoms with van der Waals surface area (Å²) in [5, 5.41) is 0.963. The van der Waals surface area contributed by atoms with Crippen LogP contribution in [0.15, 0.2) is 40.6 Å². The highest BCUT2D eigenvalue weighted by atomic mass is 35.5. The molecule has 6 N–H and O–H groups in total. The Hall–Kier alpha value is -2.82. The lowest BCUT2D eigenvalue weighted by Crippen LogP contribution is -2.44. The number of fused-ring (bicyclic) bond motifs is 1. The maximum atomic E-state index is 6.70. The van der Waals surface area contributed by atoms with E-state index in [1.54, 1.807) is 25.6 Å². The van der Waals surface area contributed by atoms with E-state index in [9.17, 15) is 0 Å². The van der Waals surface area contributed by atoms with Gasteiger partial charge in [-0.05, 0) is 41.9 Å². The Balaban J connectivity index is 1.29. The van der Waals surface area contributed by atoms with Crippen LogP contribution in [0.2, 0.25) is 5.02 Å². The summed E-state index contributed by atoms with van der Waals surface area (Å²) in [5.74, 6) is 2.02. The molecule has 33 heavy (non-hydrogen) atoms. The molecular weight excluding hydrogens is 460 g/mol. The summed E-state index contributed by atoms with van der Waals surface area (Å²) < 4.78 is 5.29. The van der Waals surface area contributed by atoms with E-state index in [1.807, 2.05) is 12.3 Å². The van der Waals surface area contributed by atoms with E-state index in [0.717, 1.165) is 48.6 Å². The highest BCUT2D eigenvalue weighted by Gasteiger charge is 2.46. The number of hydrogen-bond acceptors (Lipinski definition) is 10. The molecule has 0 amide bonds. The molecule has 0 radical (unpaired) electrons. The molecule has 9 nitrogen and oxygen atoms in total. The molecule has 172 valence electrons. The number of nitrogens with zero attached hydrogens (tertiary/aromatic N) is 5. The normalized spacial score (nSPS) is 19.0. The minimum absolute atomic E-state index is 0.0273. The minimum Gasteiger partial charge on any atom is -0.481 e. The summed E-state index contributed by atoms with van der Waals surface area (Å²) in [6.45, 7) is 1.67. The van der Waals surface area contributed by atoms with Gasteiger partial charge in [-0.3, -0.25) is 0 Å². The number of methoxy groups -OCH3 is 1. The number of halogens is 1. The molecule has 0 unspecified atom stereocenters. The highest BCUT2D eigenvalue weighted by molar-refractivity contribution is 7.99. The van der Waals surface area contributed by atoms with Crippen LogP contribution in [0.3, 0.4) is 0 Å². The molecule has 0 bridgehead atoms. The van der Waals surface area contributed by atoms with Gasteiger partial charge < -0.3 is 26.8 Å². The smallest absolute Gasteiger partial charge is 0.213 e. The fraction of sp³-hybridized carbons (Fsp3) is 0.364. The van der Waals surface area contributed by atoms with Crippen molar-refractivity contribution in [3.63, 3.8) is 0 Å². The largest absolute Gasteiger partial charge is 0.481 e. The Morgan fingerprint density at radius 1 is 1.15 bits per heavy atom. The molecule has 0 aromatic carbocycles. The number of piperidine rings is 1. The molecular formula is C22H25ClN8OS. The van der Waals surface area contributed by atoms with Crippen molar-refractivity contribution in [3.8, 4) is 5.88 Å². The van der Waals surface area contributed by atoms with E-state index in [-0.39, 0.29) is 17.3 Å². The Morgan fingerprint density at radius 3 is 2.67 bits per heavy atom. The van der Waals surface area contributed by atoms with Crippen molar-refractivity contribution in [2.45, 2.75) is 35.2 Å². The molecule has 1 atom stereocenters. The van der Waals surface area contributed by atoms with Crippen LogP contribution >= 0.6 is 23.4 Å². The molecule has 2 aliphatic rings. The molecule has 1 spiro atoms. The van der Waals surface area contributed by atoms with Crippen molar-refractivity contribution in [3.05, 3.63) is 46.9 Å². The van der Waals surface area contributed by atoms with Crippen molar-refractivity contribution in [1.29, 1.82) is 0 Å². The van der Waals surface area contributed by atoms with Crippen LogP contribution in [-0.2, 0) is 6.42 Å². The number of ether oxygens (including phenoxy) is 1. The van der Waals surface area contributed by atoms with Gasteiger partial charge in [0.05, 0.1) is 18.3 Å². The van der Waals surface area contributed by atoms with Gasteiger partial charge in [-0.2, -0.15) is 0 Å². The zero-order valence-corrected chi connectivity index (χ0v) is 19.7. The number of aromatic nitrogens is 4. The Morgan fingerprint density at radius 2 is 1.94 bits per heavy atom. The highest BCUT2D eigenvalue weighted by Crippen LogP contribution is 2.51. The van der Waals surface area contributed by atoms with Crippen LogP contribution < -0.4 is 26.8 Å². The van der Waals surface area contributed by atoms with Gasteiger partial charge in [-0.25, -0.2) is 19.9 Å². The van der Waals surface area contributed by atoms with Crippen molar-refractivity contribution >= 4 is 40.8 Å². The molecule has 5 rings (SSSR count). The van der Waals surface area contributed by atoms with Gasteiger partial charge in [0.2, 0.25) is 5.88 Å². The molecule has 1 aliphatic carbocycles. The number of nitrogens with two attached hydrogens (primary N) is 3. The molecule has 1 fully saturated rings. The topological polar surface area (TPSA) is 142 Å². The average Bonchev–Trinajstić information content (AvgIpc) is 3.09. The predicted molar refractivity (Wildman–Crippen MR) is 130 cm³/mol. The molecule has 4 heterocycles. The van der Waals surface area contributed by atoms with Crippen molar-refractivity contribution in [2.75, 3.05) is 36.6 Å². The summed E-state index contributed by atoms with van der Waals surface area (Å²) >= 11 is 7.56. The van der Waals surface area contributed by atoms with Crippen LogP contribution in [-0.4, -0.2) is 40.1 Å². The van der Waals surface area contributed by atoms with Crippen LogP contribution in [0, 0.1) is 5.41 Å². The van der Waals surface area contributed by atoms with Gasteiger partial charge in [-0.1, -0.05) is 23.4 Å². The Labute approximate surface area is 201 Å². The minimum atomic E-state index is -0.0273. The number of anilines is 3. The third-order valence-corrected chi connectivity index (χ3v) is 8.25. The zero-order chi connectivity index (χ0) is 23.2. The van der Waals surface area contributed by atoms with Crippen LogP contribution in [0.5, 0.6) is 5.88 Å². The van der Waals surface area contributed by atoms with Crippen molar-refractivity contribution in [1.82, 2.24) is 19.9 Å². The first-order chi connectivity index (χ1) is 15.9. The molecule has 3 aromatic rings. The van der Waals surface area contributed by atoms with Crippen LogP contribution in [0.4, 0.5) is 17.5 Å². The molecule has 0 saturated carbocycles. The predicted octanol–water partition coefficient (Wildman–Crippen LogP) is 3.09. The number of rotatable bonds is 4. The maximum absolute atomic E-state index is 6.70. The second-order valence-electron chi connectivity index (χ2n) is 8.46. The average molecular weight is 485 g/mol. The van der Waals surface area contributed by atoms with Gasteiger partial charge in [-0.15, -0.1) is 0 Å². The Kier molecular flexibility index (Phi) is 5.67. The van der Waals surface area contributed by atoms with Crippen LogP contribution in [0.1, 0.15) is 30.0 Å². The number of nitrogen functional groups attached to an aromatic ring is 2. The van der Waals surface area contributed by atoms with Gasteiger partial charge in [0.25, 0.3) is 0 Å². The van der Waals surface area contributed by atoms with Crippen molar-refractivity contribution < 1.29 is 4.74 Å². The first-order valence-corrected chi connectivity index (χ1v) is 11.8. The summed E-state index contributed by atoms with van der Waals surface area (Å²) in [6.07, 6.45) is 8.07. The zero-order valence-electron chi connectivity index (χ0n) is 18.2. The lowest BCUT2D eigenvalue weighted by Gasteiger charge is -2.42. The summed E-state index contributed by atoms with van der Waals surface area (Å²) in [5.41, 5.74) is 21.1. The fourth-order valence-electron chi connectivity index (χ4n) is 4.76. The van der Waals surface area contributed by atoms with Crippen molar-refractivity contribution in [2.24, 2.45) is 11.1 Å². The lowest BCUT2D eigenvalue weighted by atomic mass is 9.73. The van der Waals surface area contributed by atoms with Gasteiger partial charge >= 0.3 is 0 Å². The molecule has 1 saturated heterocycles. The summed E-state index contributed by atoms with van der Waals surface area (Å²) in [4.78, 5) is 20.4. The van der Waals surface area contributed by atoms with E-state index < -0.39 is 0 Å². The van der Waals surface area contributed by atoms with E-state index in [4.69, 9.17) is 33.5 Å². The molecule has 11 heteroatoms. The van der Waals surface area contributed by atoms with Gasteiger partial charge in [0, 0.05) is 42.5 Å². The molecule has 1 aliphatic heterocycles. The fourth-order valence-corrected chi connectivity index (χ4v) is 5.77. The SMILES string of the molecule is COc1cc2c(cn1)[C@@H](N)C1(CCN(c3cnc(Sc4ccnc(N)c4Cl)c(N)n3)CC1)C2. The lowest BCUT2D eigenvalue weighted by molar-refractivity contribution is 0.187. The quantitative estimate of drug-likeness (QED) is 0.505. The monoisotopic (exact) mass is 484 g/mol. The van der Waals surface area contributed by atoms with E-state index >= 15 is 0 Å². The number of hydrogen-bond donors (Lipinski definition) is 3. The van der Waals surface area contributed by atoms with Crippen LogP contribution in [0.25, 0.3) is 0 Å². The Bertz CT molecular complexity index is 1200. The first kappa shape index (κ1) is 22.0. The van der Waals surface area contributed by atoms with Gasteiger partial charge in [0.1, 0.15) is 16.7 Å². The third-order valence-electron chi connectivity index (χ3n) is 6.67. The number of pyridine rings is 2. The second-order valence-corrected chi connectivity index (χ2v) is 9.87. The summed E-state index contributed by atoms with van der Waals surface area (Å²) in [6, 6.07) is 3.76. The second kappa shape index (κ2) is 8.51. The first-order valence-electron chi connectivity index (χ1n) is 10.6. The van der Waals surface area contributed by atoms with E-state index in [2.05, 4.69) is 24.8 Å². The van der Waals surface area contributed by atoms with Gasteiger partial charge in [0.15, 0.2) is 5.82 Å². The standard InChI is InChI=1S/C22H25ClN8OS/c1-32-16-8-12-9-22(18(24)13(12)10-28-16)3-6-31(7-4-22)15-11-29-21(20(26)30-15)33-14-2-5-27-19(25)17(14)23/h2,5,8,10-11,18H,3-4,6-7,9,24H2,1H3,(H2,25,27)(H2,26,30)/t18-/m1/s1. The van der Waals surface area contributed by atoms with E-state index in [0.29, 0.717) is 21.7 Å². The maximum Gasteiger partial charge on any atom is 0.213 e. The van der Waals surface area contributed by atoms with E-state index in [1.165, 1.54) is 17.3 Å². The summed E-state index contributed by atoms with van der Waals surface area (Å²) in [7, 11) is 1.63.